The highest BCUT2D eigenvalue weighted by Gasteiger charge is 2.16. The second-order valence-electron chi connectivity index (χ2n) is 4.08. The van der Waals surface area contributed by atoms with Gasteiger partial charge in [0.25, 0.3) is 0 Å². The smallest absolute Gasteiger partial charge is 0.0702 e. The van der Waals surface area contributed by atoms with Gasteiger partial charge in [-0.25, -0.2) is 0 Å². The summed E-state index contributed by atoms with van der Waals surface area (Å²) in [4.78, 5) is 2.43. The summed E-state index contributed by atoms with van der Waals surface area (Å²) in [7, 11) is 0. The van der Waals surface area contributed by atoms with Crippen LogP contribution in [0.25, 0.3) is 0 Å². The molecule has 1 saturated heterocycles. The minimum Gasteiger partial charge on any atom is -0.377 e. The molecule has 1 aliphatic rings. The molecule has 1 rings (SSSR count). The quantitative estimate of drug-likeness (QED) is 0.701. The molecule has 0 aromatic carbocycles. The summed E-state index contributed by atoms with van der Waals surface area (Å²) in [5.41, 5.74) is 5.58. The summed E-state index contributed by atoms with van der Waals surface area (Å²) in [6, 6.07) is 0. The molecule has 0 aromatic rings. The van der Waals surface area contributed by atoms with Gasteiger partial charge in [-0.05, 0) is 32.2 Å². The molecule has 0 spiro atoms. The summed E-state index contributed by atoms with van der Waals surface area (Å²) in [5, 5.41) is 0. The molecule has 14 heavy (non-hydrogen) atoms. The van der Waals surface area contributed by atoms with Crippen LogP contribution in [0.3, 0.4) is 0 Å². The van der Waals surface area contributed by atoms with E-state index >= 15 is 0 Å². The lowest BCUT2D eigenvalue weighted by Crippen LogP contribution is -2.38. The van der Waals surface area contributed by atoms with Crippen molar-refractivity contribution in [3.8, 4) is 0 Å². The minimum atomic E-state index is 0.460. The Morgan fingerprint density at radius 1 is 1.36 bits per heavy atom. The van der Waals surface area contributed by atoms with Gasteiger partial charge < -0.3 is 10.5 Å². The molecule has 1 atom stereocenters. The van der Waals surface area contributed by atoms with Gasteiger partial charge >= 0.3 is 0 Å². The van der Waals surface area contributed by atoms with Crippen molar-refractivity contribution in [1.29, 1.82) is 0 Å². The van der Waals surface area contributed by atoms with Crippen molar-refractivity contribution in [2.24, 2.45) is 5.73 Å². The average Bonchev–Trinajstić information content (AvgIpc) is 2.20. The van der Waals surface area contributed by atoms with E-state index in [0.717, 1.165) is 32.8 Å². The highest BCUT2D eigenvalue weighted by molar-refractivity contribution is 4.69. The zero-order chi connectivity index (χ0) is 10.2. The van der Waals surface area contributed by atoms with Crippen LogP contribution in [-0.2, 0) is 4.74 Å². The van der Waals surface area contributed by atoms with Gasteiger partial charge in [-0.15, -0.1) is 0 Å². The Hall–Kier alpha value is -0.120. The molecule has 0 amide bonds. The lowest BCUT2D eigenvalue weighted by molar-refractivity contribution is -0.00515. The molecule has 0 aromatic heterocycles. The fraction of sp³-hybridized carbons (Fsp3) is 1.00. The Balaban J connectivity index is 2.21. The highest BCUT2D eigenvalue weighted by atomic mass is 16.5. The van der Waals surface area contributed by atoms with E-state index in [1.54, 1.807) is 0 Å². The third kappa shape index (κ3) is 4.40. The molecule has 0 aliphatic carbocycles. The van der Waals surface area contributed by atoms with Crippen LogP contribution >= 0.6 is 0 Å². The van der Waals surface area contributed by atoms with Gasteiger partial charge in [0, 0.05) is 26.2 Å². The molecule has 0 radical (unpaired) electrons. The van der Waals surface area contributed by atoms with E-state index < -0.39 is 0 Å². The number of hydrogen-bond acceptors (Lipinski definition) is 3. The van der Waals surface area contributed by atoms with Crippen molar-refractivity contribution >= 4 is 0 Å². The Bertz CT molecular complexity index is 129. The van der Waals surface area contributed by atoms with Gasteiger partial charge in [-0.2, -0.15) is 0 Å². The van der Waals surface area contributed by atoms with Crippen molar-refractivity contribution in [1.82, 2.24) is 4.90 Å². The van der Waals surface area contributed by atoms with E-state index in [9.17, 15) is 0 Å². The van der Waals surface area contributed by atoms with Crippen LogP contribution in [0, 0.1) is 0 Å². The number of nitrogens with zero attached hydrogens (tertiary/aromatic N) is 1. The van der Waals surface area contributed by atoms with E-state index in [1.807, 2.05) is 0 Å². The molecular formula is C11H24N2O. The second kappa shape index (κ2) is 7.21. The maximum atomic E-state index is 5.72. The predicted octanol–water partition coefficient (Wildman–Crippen LogP) is 1.23. The maximum Gasteiger partial charge on any atom is 0.0702 e. The molecular weight excluding hydrogens is 176 g/mol. The molecule has 3 heteroatoms. The average molecular weight is 200 g/mol. The third-order valence-electron chi connectivity index (χ3n) is 2.72. The molecule has 1 fully saturated rings. The zero-order valence-electron chi connectivity index (χ0n) is 9.37. The van der Waals surface area contributed by atoms with Crippen molar-refractivity contribution in [3.63, 3.8) is 0 Å². The van der Waals surface area contributed by atoms with Crippen LogP contribution in [0.2, 0.25) is 0 Å². The SMILES string of the molecule is CCCN(CCN)CC1CCCCO1. The van der Waals surface area contributed by atoms with Gasteiger partial charge in [0.05, 0.1) is 6.10 Å². The van der Waals surface area contributed by atoms with Gasteiger partial charge in [0.2, 0.25) is 0 Å². The predicted molar refractivity (Wildman–Crippen MR) is 59.4 cm³/mol. The lowest BCUT2D eigenvalue weighted by Gasteiger charge is -2.29. The normalized spacial score (nSPS) is 22.9. The molecule has 0 saturated carbocycles. The van der Waals surface area contributed by atoms with Gasteiger partial charge in [0.15, 0.2) is 0 Å². The molecule has 3 nitrogen and oxygen atoms in total. The first-order chi connectivity index (χ1) is 6.86. The van der Waals surface area contributed by atoms with Crippen molar-refractivity contribution in [2.75, 3.05) is 32.8 Å². The fourth-order valence-corrected chi connectivity index (χ4v) is 2.03. The largest absolute Gasteiger partial charge is 0.377 e. The first-order valence-corrected chi connectivity index (χ1v) is 5.90. The Kier molecular flexibility index (Phi) is 6.15. The monoisotopic (exact) mass is 200 g/mol. The summed E-state index contributed by atoms with van der Waals surface area (Å²) in [6.45, 7) is 7.15. The first kappa shape index (κ1) is 12.0. The van der Waals surface area contributed by atoms with Crippen molar-refractivity contribution < 1.29 is 4.74 Å². The molecule has 1 heterocycles. The third-order valence-corrected chi connectivity index (χ3v) is 2.72. The molecule has 1 unspecified atom stereocenters. The number of ether oxygens (including phenoxy) is 1. The number of nitrogens with two attached hydrogens (primary N) is 1. The maximum absolute atomic E-state index is 5.72. The second-order valence-corrected chi connectivity index (χ2v) is 4.08. The Labute approximate surface area is 87.6 Å². The first-order valence-electron chi connectivity index (χ1n) is 5.90. The summed E-state index contributed by atoms with van der Waals surface area (Å²) in [6.07, 6.45) is 5.45. The molecule has 84 valence electrons. The highest BCUT2D eigenvalue weighted by Crippen LogP contribution is 2.13. The van der Waals surface area contributed by atoms with Gasteiger partial charge in [-0.3, -0.25) is 4.90 Å². The van der Waals surface area contributed by atoms with E-state index in [0.29, 0.717) is 6.10 Å². The van der Waals surface area contributed by atoms with E-state index in [-0.39, 0.29) is 0 Å². The van der Waals surface area contributed by atoms with Gasteiger partial charge in [0.1, 0.15) is 0 Å². The van der Waals surface area contributed by atoms with E-state index in [1.165, 1.54) is 25.7 Å². The van der Waals surface area contributed by atoms with E-state index in [4.69, 9.17) is 10.5 Å². The fourth-order valence-electron chi connectivity index (χ4n) is 2.03. The summed E-state index contributed by atoms with van der Waals surface area (Å²) < 4.78 is 5.72. The van der Waals surface area contributed by atoms with Crippen LogP contribution in [0.5, 0.6) is 0 Å². The van der Waals surface area contributed by atoms with Gasteiger partial charge in [-0.1, -0.05) is 6.92 Å². The molecule has 1 aliphatic heterocycles. The lowest BCUT2D eigenvalue weighted by atomic mass is 10.1. The Morgan fingerprint density at radius 2 is 2.21 bits per heavy atom. The van der Waals surface area contributed by atoms with Crippen molar-refractivity contribution in [3.05, 3.63) is 0 Å². The summed E-state index contributed by atoms with van der Waals surface area (Å²) in [5.74, 6) is 0. The van der Waals surface area contributed by atoms with E-state index in [2.05, 4.69) is 11.8 Å². The Morgan fingerprint density at radius 3 is 2.79 bits per heavy atom. The van der Waals surface area contributed by atoms with Crippen LogP contribution < -0.4 is 5.73 Å². The summed E-state index contributed by atoms with van der Waals surface area (Å²) >= 11 is 0. The topological polar surface area (TPSA) is 38.5 Å². The van der Waals surface area contributed by atoms with Crippen LogP contribution in [0.4, 0.5) is 0 Å². The van der Waals surface area contributed by atoms with Crippen LogP contribution in [0.1, 0.15) is 32.6 Å². The minimum absolute atomic E-state index is 0.460. The number of hydrogen-bond donors (Lipinski definition) is 1. The van der Waals surface area contributed by atoms with Crippen LogP contribution in [-0.4, -0.2) is 43.8 Å². The van der Waals surface area contributed by atoms with Crippen molar-refractivity contribution in [2.45, 2.75) is 38.7 Å². The number of rotatable bonds is 6. The molecule has 2 N–H and O–H groups in total. The standard InChI is InChI=1S/C11H24N2O/c1-2-7-13(8-6-12)10-11-5-3-4-9-14-11/h11H,2-10,12H2,1H3. The van der Waals surface area contributed by atoms with Crippen LogP contribution in [0.15, 0.2) is 0 Å². The molecule has 0 bridgehead atoms. The zero-order valence-corrected chi connectivity index (χ0v) is 9.37.